The molecule has 1 aliphatic rings. The Morgan fingerprint density at radius 1 is 1.47 bits per heavy atom. The molecule has 1 heterocycles. The number of esters is 1. The summed E-state index contributed by atoms with van der Waals surface area (Å²) in [6.07, 6.45) is -2.86. The van der Waals surface area contributed by atoms with E-state index in [0.29, 0.717) is 0 Å². The summed E-state index contributed by atoms with van der Waals surface area (Å²) in [5.41, 5.74) is 0. The van der Waals surface area contributed by atoms with Crippen LogP contribution in [-0.2, 0) is 18.6 Å². The first-order valence-electron chi connectivity index (χ1n) is 4.42. The number of hydrogen-bond donors (Lipinski definition) is 5. The third kappa shape index (κ3) is 3.69. The van der Waals surface area contributed by atoms with E-state index in [-0.39, 0.29) is 6.42 Å². The number of aliphatic hydroxyl groups is 3. The molecule has 2 atom stereocenters. The standard InChI is InChI=1S/C7H11O9P/c8-2-3(9)1-4-5(10)6(7(11)15-4)16-17(12,13)14/h3-4,8-10H,1-2H2,(H2,12,13,14). The van der Waals surface area contributed by atoms with Gasteiger partial charge in [-0.15, -0.1) is 0 Å². The summed E-state index contributed by atoms with van der Waals surface area (Å²) in [6.45, 7) is -0.615. The van der Waals surface area contributed by atoms with Crippen LogP contribution in [0.3, 0.4) is 0 Å². The molecule has 1 aliphatic heterocycles. The minimum Gasteiger partial charge on any atom is -0.505 e. The van der Waals surface area contributed by atoms with Crippen LogP contribution in [0.25, 0.3) is 0 Å². The van der Waals surface area contributed by atoms with Gasteiger partial charge in [0.25, 0.3) is 5.76 Å². The van der Waals surface area contributed by atoms with Crippen molar-refractivity contribution in [1.29, 1.82) is 0 Å². The van der Waals surface area contributed by atoms with Gasteiger partial charge in [0.15, 0.2) is 11.9 Å². The van der Waals surface area contributed by atoms with E-state index >= 15 is 0 Å². The van der Waals surface area contributed by atoms with Crippen molar-refractivity contribution >= 4 is 13.8 Å². The predicted octanol–water partition coefficient (Wildman–Crippen LogP) is -1.47. The smallest absolute Gasteiger partial charge is 0.505 e. The Balaban J connectivity index is 2.81. The van der Waals surface area contributed by atoms with Crippen molar-refractivity contribution in [1.82, 2.24) is 0 Å². The van der Waals surface area contributed by atoms with Gasteiger partial charge in [-0.1, -0.05) is 0 Å². The lowest BCUT2D eigenvalue weighted by atomic mass is 10.1. The van der Waals surface area contributed by atoms with Gasteiger partial charge in [-0.3, -0.25) is 9.79 Å². The van der Waals surface area contributed by atoms with E-state index < -0.39 is 44.1 Å². The molecule has 0 saturated carbocycles. The molecular formula is C7H11O9P. The van der Waals surface area contributed by atoms with Crippen molar-refractivity contribution in [3.05, 3.63) is 11.5 Å². The molecule has 98 valence electrons. The van der Waals surface area contributed by atoms with Gasteiger partial charge < -0.3 is 24.6 Å². The molecule has 0 radical (unpaired) electrons. The number of cyclic esters (lactones) is 1. The molecule has 0 aromatic rings. The Hall–Kier alpha value is -1.12. The number of phosphoric ester groups is 1. The van der Waals surface area contributed by atoms with Crippen LogP contribution in [0.1, 0.15) is 6.42 Å². The summed E-state index contributed by atoms with van der Waals surface area (Å²) in [5, 5.41) is 27.0. The van der Waals surface area contributed by atoms with Gasteiger partial charge in [0.1, 0.15) is 0 Å². The van der Waals surface area contributed by atoms with Crippen LogP contribution < -0.4 is 0 Å². The SMILES string of the molecule is O=C1OC(CC(O)CO)C(O)=C1OP(=O)(O)O. The quantitative estimate of drug-likeness (QED) is 0.297. The summed E-state index contributed by atoms with van der Waals surface area (Å²) in [4.78, 5) is 28.0. The second-order valence-corrected chi connectivity index (χ2v) is 4.43. The minimum absolute atomic E-state index is 0.317. The first kappa shape index (κ1) is 13.9. The fourth-order valence-corrected chi connectivity index (χ4v) is 1.58. The van der Waals surface area contributed by atoms with Gasteiger partial charge in [-0.25, -0.2) is 9.36 Å². The highest BCUT2D eigenvalue weighted by Crippen LogP contribution is 2.42. The van der Waals surface area contributed by atoms with Crippen LogP contribution >= 0.6 is 7.82 Å². The molecule has 9 nitrogen and oxygen atoms in total. The molecule has 1 rings (SSSR count). The van der Waals surface area contributed by atoms with Crippen LogP contribution in [0.2, 0.25) is 0 Å². The third-order valence-electron chi connectivity index (χ3n) is 1.88. The number of hydrogen-bond acceptors (Lipinski definition) is 7. The maximum absolute atomic E-state index is 11.1. The maximum Gasteiger partial charge on any atom is 0.525 e. The Morgan fingerprint density at radius 2 is 2.06 bits per heavy atom. The molecular weight excluding hydrogens is 259 g/mol. The van der Waals surface area contributed by atoms with Crippen LogP contribution in [-0.4, -0.2) is 49.9 Å². The number of rotatable bonds is 5. The first-order chi connectivity index (χ1) is 7.74. The normalized spacial score (nSPS) is 22.6. The van der Waals surface area contributed by atoms with E-state index in [2.05, 4.69) is 9.26 Å². The van der Waals surface area contributed by atoms with Crippen molar-refractivity contribution in [3.63, 3.8) is 0 Å². The van der Waals surface area contributed by atoms with Crippen molar-refractivity contribution in [2.24, 2.45) is 0 Å². The van der Waals surface area contributed by atoms with Crippen molar-refractivity contribution in [2.75, 3.05) is 6.61 Å². The van der Waals surface area contributed by atoms with Crippen LogP contribution in [0.15, 0.2) is 11.5 Å². The van der Waals surface area contributed by atoms with E-state index in [9.17, 15) is 14.5 Å². The van der Waals surface area contributed by atoms with E-state index in [0.717, 1.165) is 0 Å². The molecule has 10 heteroatoms. The largest absolute Gasteiger partial charge is 0.525 e. The molecule has 0 aromatic carbocycles. The zero-order chi connectivity index (χ0) is 13.2. The summed E-state index contributed by atoms with van der Waals surface area (Å²) in [6, 6.07) is 0. The molecule has 0 aromatic heterocycles. The molecule has 0 aliphatic carbocycles. The number of aliphatic hydroxyl groups excluding tert-OH is 3. The molecule has 0 amide bonds. The lowest BCUT2D eigenvalue weighted by Gasteiger charge is -2.12. The van der Waals surface area contributed by atoms with Gasteiger partial charge in [0.2, 0.25) is 0 Å². The predicted molar refractivity (Wildman–Crippen MR) is 50.4 cm³/mol. The Kier molecular flexibility index (Phi) is 4.12. The van der Waals surface area contributed by atoms with Gasteiger partial charge in [0.05, 0.1) is 12.7 Å². The lowest BCUT2D eigenvalue weighted by Crippen LogP contribution is -2.22. The lowest BCUT2D eigenvalue weighted by molar-refractivity contribution is -0.143. The number of carbonyl (C=O) groups is 1. The zero-order valence-electron chi connectivity index (χ0n) is 8.39. The highest BCUT2D eigenvalue weighted by atomic mass is 31.2. The monoisotopic (exact) mass is 270 g/mol. The highest BCUT2D eigenvalue weighted by Gasteiger charge is 2.40. The van der Waals surface area contributed by atoms with Crippen LogP contribution in [0.5, 0.6) is 0 Å². The summed E-state index contributed by atoms with van der Waals surface area (Å²) in [5.74, 6) is -3.07. The van der Waals surface area contributed by atoms with E-state index in [1.165, 1.54) is 0 Å². The average molecular weight is 270 g/mol. The summed E-state index contributed by atoms with van der Waals surface area (Å²) in [7, 11) is -4.99. The maximum atomic E-state index is 11.1. The van der Waals surface area contributed by atoms with Crippen LogP contribution in [0, 0.1) is 0 Å². The topological polar surface area (TPSA) is 154 Å². The number of carbonyl (C=O) groups excluding carboxylic acids is 1. The fourth-order valence-electron chi connectivity index (χ4n) is 1.17. The first-order valence-corrected chi connectivity index (χ1v) is 5.95. The Morgan fingerprint density at radius 3 is 2.53 bits per heavy atom. The summed E-state index contributed by atoms with van der Waals surface area (Å²) >= 11 is 0. The number of ether oxygens (including phenoxy) is 1. The Labute approximate surface area is 95.1 Å². The van der Waals surface area contributed by atoms with Crippen molar-refractivity contribution < 1.29 is 43.7 Å². The van der Waals surface area contributed by atoms with Gasteiger partial charge >= 0.3 is 13.8 Å². The molecule has 2 unspecified atom stereocenters. The average Bonchev–Trinajstić information content (AvgIpc) is 2.44. The van der Waals surface area contributed by atoms with Gasteiger partial charge in [0, 0.05) is 6.42 Å². The summed E-state index contributed by atoms with van der Waals surface area (Å²) < 4.78 is 18.9. The van der Waals surface area contributed by atoms with Crippen LogP contribution in [0.4, 0.5) is 0 Å². The fraction of sp³-hybridized carbons (Fsp3) is 0.571. The second-order valence-electron chi connectivity index (χ2n) is 3.26. The minimum atomic E-state index is -4.99. The zero-order valence-corrected chi connectivity index (χ0v) is 9.28. The molecule has 0 spiro atoms. The Bertz CT molecular complexity index is 383. The van der Waals surface area contributed by atoms with Gasteiger partial charge in [-0.05, 0) is 0 Å². The molecule has 0 bridgehead atoms. The molecule has 5 N–H and O–H groups in total. The second kappa shape index (κ2) is 5.03. The van der Waals surface area contributed by atoms with Crippen molar-refractivity contribution in [2.45, 2.75) is 18.6 Å². The molecule has 0 saturated heterocycles. The van der Waals surface area contributed by atoms with E-state index in [1.54, 1.807) is 0 Å². The third-order valence-corrected chi connectivity index (χ3v) is 2.30. The van der Waals surface area contributed by atoms with E-state index in [1.807, 2.05) is 0 Å². The van der Waals surface area contributed by atoms with E-state index in [4.69, 9.17) is 20.0 Å². The molecule has 0 fully saturated rings. The van der Waals surface area contributed by atoms with Gasteiger partial charge in [-0.2, -0.15) is 0 Å². The highest BCUT2D eigenvalue weighted by molar-refractivity contribution is 7.46. The number of phosphoric acid groups is 1. The molecule has 17 heavy (non-hydrogen) atoms. The van der Waals surface area contributed by atoms with Crippen molar-refractivity contribution in [3.8, 4) is 0 Å².